The molecule has 0 atom stereocenters. The highest BCUT2D eigenvalue weighted by Crippen LogP contribution is 2.19. The van der Waals surface area contributed by atoms with Crippen molar-refractivity contribution < 1.29 is 0 Å². The van der Waals surface area contributed by atoms with Crippen molar-refractivity contribution in [3.63, 3.8) is 0 Å². The molecule has 0 saturated carbocycles. The second-order valence-electron chi connectivity index (χ2n) is 3.86. The Balaban J connectivity index is 1.96. The fourth-order valence-corrected chi connectivity index (χ4v) is 1.91. The smallest absolute Gasteiger partial charge is 0.152 e. The molecule has 0 aliphatic heterocycles. The molecule has 96 valence electrons. The normalized spacial score (nSPS) is 10.6. The highest BCUT2D eigenvalue weighted by molar-refractivity contribution is 6.30. The Hall–Kier alpha value is -1.69. The van der Waals surface area contributed by atoms with E-state index in [1.165, 1.54) is 6.33 Å². The second kappa shape index (κ2) is 5.77. The standard InChI is InChI=1S/C11H15ClN6/c1-3-8-10(12)14-6-15-11(8)13-5-4-9-16-7-18(2)17-9/h6-7H,3-5H2,1-2H3,(H,13,14,15). The number of hydrogen-bond donors (Lipinski definition) is 1. The quantitative estimate of drug-likeness (QED) is 0.830. The summed E-state index contributed by atoms with van der Waals surface area (Å²) >= 11 is 6.01. The van der Waals surface area contributed by atoms with Crippen LogP contribution in [-0.4, -0.2) is 31.3 Å². The number of nitrogens with zero attached hydrogens (tertiary/aromatic N) is 5. The van der Waals surface area contributed by atoms with Crippen LogP contribution in [0, 0.1) is 0 Å². The van der Waals surface area contributed by atoms with E-state index in [0.29, 0.717) is 11.7 Å². The van der Waals surface area contributed by atoms with Crippen LogP contribution in [0.3, 0.4) is 0 Å². The molecule has 0 spiro atoms. The first-order chi connectivity index (χ1) is 8.70. The Kier molecular flexibility index (Phi) is 4.09. The van der Waals surface area contributed by atoms with E-state index in [2.05, 4.69) is 25.4 Å². The summed E-state index contributed by atoms with van der Waals surface area (Å²) in [7, 11) is 1.85. The lowest BCUT2D eigenvalue weighted by molar-refractivity contribution is 0.741. The zero-order valence-corrected chi connectivity index (χ0v) is 11.1. The van der Waals surface area contributed by atoms with Crippen LogP contribution in [0.15, 0.2) is 12.7 Å². The fraction of sp³-hybridized carbons (Fsp3) is 0.455. The molecule has 0 saturated heterocycles. The number of nitrogens with one attached hydrogen (secondary N) is 1. The van der Waals surface area contributed by atoms with Crippen molar-refractivity contribution in [3.05, 3.63) is 29.2 Å². The van der Waals surface area contributed by atoms with Crippen LogP contribution in [0.2, 0.25) is 5.15 Å². The van der Waals surface area contributed by atoms with Crippen molar-refractivity contribution in [1.82, 2.24) is 24.7 Å². The lowest BCUT2D eigenvalue weighted by atomic mass is 10.2. The number of aryl methyl sites for hydroxylation is 1. The van der Waals surface area contributed by atoms with Crippen molar-refractivity contribution in [1.29, 1.82) is 0 Å². The Morgan fingerprint density at radius 1 is 1.33 bits per heavy atom. The summed E-state index contributed by atoms with van der Waals surface area (Å²) < 4.78 is 1.69. The molecular formula is C11H15ClN6. The Morgan fingerprint density at radius 2 is 2.17 bits per heavy atom. The third-order valence-electron chi connectivity index (χ3n) is 2.53. The minimum Gasteiger partial charge on any atom is -0.369 e. The van der Waals surface area contributed by atoms with Crippen molar-refractivity contribution in [2.75, 3.05) is 11.9 Å². The molecule has 18 heavy (non-hydrogen) atoms. The largest absolute Gasteiger partial charge is 0.369 e. The molecule has 7 heteroatoms. The van der Waals surface area contributed by atoms with Gasteiger partial charge < -0.3 is 5.32 Å². The molecule has 2 aromatic heterocycles. The number of halogens is 1. The monoisotopic (exact) mass is 266 g/mol. The lowest BCUT2D eigenvalue weighted by Gasteiger charge is -2.09. The number of rotatable bonds is 5. The third kappa shape index (κ3) is 2.95. The van der Waals surface area contributed by atoms with Crippen LogP contribution in [0.25, 0.3) is 0 Å². The van der Waals surface area contributed by atoms with Gasteiger partial charge in [-0.1, -0.05) is 18.5 Å². The van der Waals surface area contributed by atoms with E-state index in [0.717, 1.165) is 30.0 Å². The van der Waals surface area contributed by atoms with Gasteiger partial charge in [0.2, 0.25) is 0 Å². The first-order valence-corrected chi connectivity index (χ1v) is 6.16. The molecule has 0 unspecified atom stereocenters. The molecular weight excluding hydrogens is 252 g/mol. The maximum Gasteiger partial charge on any atom is 0.152 e. The number of aromatic nitrogens is 5. The highest BCUT2D eigenvalue weighted by Gasteiger charge is 2.07. The minimum atomic E-state index is 0.506. The van der Waals surface area contributed by atoms with E-state index >= 15 is 0 Å². The van der Waals surface area contributed by atoms with Crippen molar-refractivity contribution in [2.24, 2.45) is 7.05 Å². The molecule has 0 fully saturated rings. The van der Waals surface area contributed by atoms with Crippen molar-refractivity contribution in [2.45, 2.75) is 19.8 Å². The summed E-state index contributed by atoms with van der Waals surface area (Å²) in [5.74, 6) is 1.59. The van der Waals surface area contributed by atoms with Crippen LogP contribution in [-0.2, 0) is 19.9 Å². The topological polar surface area (TPSA) is 68.5 Å². The van der Waals surface area contributed by atoms with Crippen LogP contribution in [0.4, 0.5) is 5.82 Å². The summed E-state index contributed by atoms with van der Waals surface area (Å²) in [6, 6.07) is 0. The van der Waals surface area contributed by atoms with Crippen LogP contribution in [0.1, 0.15) is 18.3 Å². The van der Waals surface area contributed by atoms with Gasteiger partial charge in [-0.05, 0) is 6.42 Å². The van der Waals surface area contributed by atoms with Gasteiger partial charge in [-0.3, -0.25) is 4.68 Å². The zero-order valence-electron chi connectivity index (χ0n) is 10.4. The Labute approximate surface area is 110 Å². The predicted molar refractivity (Wildman–Crippen MR) is 69.6 cm³/mol. The SMILES string of the molecule is CCc1c(Cl)ncnc1NCCc1ncn(C)n1. The van der Waals surface area contributed by atoms with E-state index < -0.39 is 0 Å². The summed E-state index contributed by atoms with van der Waals surface area (Å²) in [5.41, 5.74) is 0.938. The van der Waals surface area contributed by atoms with Crippen LogP contribution < -0.4 is 5.32 Å². The molecule has 0 aliphatic carbocycles. The average molecular weight is 267 g/mol. The fourth-order valence-electron chi connectivity index (χ4n) is 1.65. The second-order valence-corrected chi connectivity index (χ2v) is 4.21. The Morgan fingerprint density at radius 3 is 2.83 bits per heavy atom. The van der Waals surface area contributed by atoms with E-state index in [-0.39, 0.29) is 0 Å². The van der Waals surface area contributed by atoms with Gasteiger partial charge in [0, 0.05) is 25.6 Å². The van der Waals surface area contributed by atoms with Gasteiger partial charge in [-0.15, -0.1) is 0 Å². The lowest BCUT2D eigenvalue weighted by Crippen LogP contribution is -2.10. The van der Waals surface area contributed by atoms with Gasteiger partial charge in [0.15, 0.2) is 5.82 Å². The van der Waals surface area contributed by atoms with Crippen molar-refractivity contribution >= 4 is 17.4 Å². The minimum absolute atomic E-state index is 0.506. The molecule has 2 aromatic rings. The van der Waals surface area contributed by atoms with Gasteiger partial charge in [0.1, 0.15) is 23.6 Å². The molecule has 0 aromatic carbocycles. The van der Waals surface area contributed by atoms with E-state index in [1.807, 2.05) is 14.0 Å². The summed E-state index contributed by atoms with van der Waals surface area (Å²) in [6.45, 7) is 2.74. The summed E-state index contributed by atoms with van der Waals surface area (Å²) in [4.78, 5) is 12.3. The zero-order chi connectivity index (χ0) is 13.0. The first kappa shape index (κ1) is 12.8. The van der Waals surface area contributed by atoms with Gasteiger partial charge in [0.25, 0.3) is 0 Å². The van der Waals surface area contributed by atoms with Gasteiger partial charge in [-0.2, -0.15) is 5.10 Å². The van der Waals surface area contributed by atoms with Crippen LogP contribution in [0.5, 0.6) is 0 Å². The number of anilines is 1. The third-order valence-corrected chi connectivity index (χ3v) is 2.86. The number of hydrogen-bond acceptors (Lipinski definition) is 5. The van der Waals surface area contributed by atoms with Gasteiger partial charge in [0.05, 0.1) is 0 Å². The summed E-state index contributed by atoms with van der Waals surface area (Å²) in [6.07, 6.45) is 4.69. The molecule has 0 bridgehead atoms. The molecule has 1 N–H and O–H groups in total. The molecule has 2 heterocycles. The van der Waals surface area contributed by atoms with Crippen LogP contribution >= 0.6 is 11.6 Å². The molecule has 0 amide bonds. The summed E-state index contributed by atoms with van der Waals surface area (Å²) in [5, 5.41) is 7.95. The maximum atomic E-state index is 6.01. The molecule has 2 rings (SSSR count). The van der Waals surface area contributed by atoms with E-state index in [9.17, 15) is 0 Å². The highest BCUT2D eigenvalue weighted by atomic mass is 35.5. The first-order valence-electron chi connectivity index (χ1n) is 5.78. The average Bonchev–Trinajstić information content (AvgIpc) is 2.75. The Bertz CT molecular complexity index is 524. The van der Waals surface area contributed by atoms with Gasteiger partial charge >= 0.3 is 0 Å². The molecule has 0 aliphatic rings. The van der Waals surface area contributed by atoms with E-state index in [1.54, 1.807) is 11.0 Å². The molecule has 0 radical (unpaired) electrons. The predicted octanol–water partition coefficient (Wildman–Crippen LogP) is 1.48. The van der Waals surface area contributed by atoms with E-state index in [4.69, 9.17) is 11.6 Å². The van der Waals surface area contributed by atoms with Crippen molar-refractivity contribution in [3.8, 4) is 0 Å². The van der Waals surface area contributed by atoms with Gasteiger partial charge in [-0.25, -0.2) is 15.0 Å². The molecule has 6 nitrogen and oxygen atoms in total. The maximum absolute atomic E-state index is 6.01.